The van der Waals surface area contributed by atoms with E-state index in [0.29, 0.717) is 25.9 Å². The van der Waals surface area contributed by atoms with Gasteiger partial charge in [-0.2, -0.15) is 0 Å². The summed E-state index contributed by atoms with van der Waals surface area (Å²) in [5.74, 6) is -1.58. The van der Waals surface area contributed by atoms with Crippen LogP contribution in [0.25, 0.3) is 11.1 Å². The van der Waals surface area contributed by atoms with E-state index >= 15 is 0 Å². The lowest BCUT2D eigenvalue weighted by molar-refractivity contribution is -0.145. The van der Waals surface area contributed by atoms with E-state index in [-0.39, 0.29) is 36.2 Å². The van der Waals surface area contributed by atoms with E-state index in [0.717, 1.165) is 30.4 Å². The summed E-state index contributed by atoms with van der Waals surface area (Å²) in [4.78, 5) is 36.2. The number of hydrogen-bond donors (Lipinski definition) is 3. The molecule has 1 fully saturated rings. The standard InChI is InChI=1S/C28H34N2O5/c1-18(26(31)30-16-19-8-2-3-9-20(19)27(32)33)14-15-29-28(34)35-17-25-23-12-6-4-10-21(23)22-11-5-7-13-24(22)25/h4-7,10-13,18-20,25H,2-3,8-9,14-17H2,1H3,(H,29,34)(H,30,31)(H,32,33). The molecule has 1 saturated carbocycles. The van der Waals surface area contributed by atoms with Crippen LogP contribution >= 0.6 is 0 Å². The molecular weight excluding hydrogens is 444 g/mol. The molecule has 7 nitrogen and oxygen atoms in total. The summed E-state index contributed by atoms with van der Waals surface area (Å²) in [6, 6.07) is 16.4. The van der Waals surface area contributed by atoms with Gasteiger partial charge in [0.05, 0.1) is 5.92 Å². The Morgan fingerprint density at radius 1 is 0.971 bits per heavy atom. The molecule has 0 heterocycles. The first-order valence-corrected chi connectivity index (χ1v) is 12.5. The summed E-state index contributed by atoms with van der Waals surface area (Å²) in [6.45, 7) is 2.78. The number of amides is 2. The molecule has 2 aromatic carbocycles. The molecule has 0 saturated heterocycles. The van der Waals surface area contributed by atoms with Crippen LogP contribution in [0.5, 0.6) is 0 Å². The predicted octanol–water partition coefficient (Wildman–Crippen LogP) is 4.56. The number of nitrogens with one attached hydrogen (secondary N) is 2. The lowest BCUT2D eigenvalue weighted by atomic mass is 9.79. The van der Waals surface area contributed by atoms with Crippen molar-refractivity contribution in [2.45, 2.75) is 44.9 Å². The second-order valence-corrected chi connectivity index (χ2v) is 9.68. The highest BCUT2D eigenvalue weighted by atomic mass is 16.5. The van der Waals surface area contributed by atoms with E-state index in [2.05, 4.69) is 34.9 Å². The smallest absolute Gasteiger partial charge is 0.407 e. The van der Waals surface area contributed by atoms with Crippen LogP contribution in [0.15, 0.2) is 48.5 Å². The molecular formula is C28H34N2O5. The third-order valence-electron chi connectivity index (χ3n) is 7.40. The van der Waals surface area contributed by atoms with Gasteiger partial charge in [0.25, 0.3) is 0 Å². The highest BCUT2D eigenvalue weighted by Crippen LogP contribution is 2.44. The van der Waals surface area contributed by atoms with E-state index in [4.69, 9.17) is 4.74 Å². The summed E-state index contributed by atoms with van der Waals surface area (Å²) in [7, 11) is 0. The molecule has 2 aromatic rings. The van der Waals surface area contributed by atoms with Crippen LogP contribution in [0.4, 0.5) is 4.79 Å². The fourth-order valence-electron chi connectivity index (χ4n) is 5.35. The van der Waals surface area contributed by atoms with Gasteiger partial charge in [0.2, 0.25) is 5.91 Å². The van der Waals surface area contributed by atoms with E-state index in [1.807, 2.05) is 31.2 Å². The molecule has 2 aliphatic rings. The number of carbonyl (C=O) groups is 3. The molecule has 0 bridgehead atoms. The summed E-state index contributed by atoms with van der Waals surface area (Å²) in [5.41, 5.74) is 4.68. The monoisotopic (exact) mass is 478 g/mol. The minimum absolute atomic E-state index is 0.00673. The molecule has 4 rings (SSSR count). The van der Waals surface area contributed by atoms with Gasteiger partial charge in [0.1, 0.15) is 6.61 Å². The molecule has 0 aromatic heterocycles. The third kappa shape index (κ3) is 5.84. The summed E-state index contributed by atoms with van der Waals surface area (Å²) < 4.78 is 5.54. The number of benzene rings is 2. The van der Waals surface area contributed by atoms with Crippen LogP contribution in [0, 0.1) is 17.8 Å². The number of ether oxygens (including phenoxy) is 1. The lowest BCUT2D eigenvalue weighted by Crippen LogP contribution is -2.39. The van der Waals surface area contributed by atoms with Gasteiger partial charge in [0, 0.05) is 24.9 Å². The third-order valence-corrected chi connectivity index (χ3v) is 7.40. The normalized spacial score (nSPS) is 19.8. The second kappa shape index (κ2) is 11.4. The molecule has 0 spiro atoms. The van der Waals surface area contributed by atoms with Crippen molar-refractivity contribution < 1.29 is 24.2 Å². The Hall–Kier alpha value is -3.35. The second-order valence-electron chi connectivity index (χ2n) is 9.68. The van der Waals surface area contributed by atoms with Crippen LogP contribution in [-0.2, 0) is 14.3 Å². The number of fused-ring (bicyclic) bond motifs is 3. The summed E-state index contributed by atoms with van der Waals surface area (Å²) in [6.07, 6.45) is 3.42. The van der Waals surface area contributed by atoms with E-state index in [1.54, 1.807) is 0 Å². The number of carboxylic acids is 1. The first-order chi connectivity index (χ1) is 17.0. The van der Waals surface area contributed by atoms with Crippen molar-refractivity contribution in [1.29, 1.82) is 0 Å². The quantitative estimate of drug-likeness (QED) is 0.490. The molecule has 7 heteroatoms. The number of hydrogen-bond acceptors (Lipinski definition) is 4. The number of alkyl carbamates (subject to hydrolysis) is 1. The van der Waals surface area contributed by atoms with Gasteiger partial charge in [-0.3, -0.25) is 9.59 Å². The van der Waals surface area contributed by atoms with Gasteiger partial charge < -0.3 is 20.5 Å². The molecule has 2 amide bonds. The van der Waals surface area contributed by atoms with Crippen molar-refractivity contribution in [3.05, 3.63) is 59.7 Å². The maximum atomic E-state index is 12.5. The molecule has 3 atom stereocenters. The van der Waals surface area contributed by atoms with E-state index < -0.39 is 12.1 Å². The molecule has 35 heavy (non-hydrogen) atoms. The summed E-state index contributed by atoms with van der Waals surface area (Å²) in [5, 5.41) is 15.1. The van der Waals surface area contributed by atoms with Crippen molar-refractivity contribution in [3.8, 4) is 11.1 Å². The van der Waals surface area contributed by atoms with Gasteiger partial charge in [-0.25, -0.2) is 4.79 Å². The Balaban J connectivity index is 1.19. The van der Waals surface area contributed by atoms with Crippen molar-refractivity contribution in [2.24, 2.45) is 17.8 Å². The fourth-order valence-corrected chi connectivity index (χ4v) is 5.35. The number of aliphatic carboxylic acids is 1. The van der Waals surface area contributed by atoms with Gasteiger partial charge in [-0.1, -0.05) is 68.3 Å². The van der Waals surface area contributed by atoms with Gasteiger partial charge in [-0.15, -0.1) is 0 Å². The lowest BCUT2D eigenvalue weighted by Gasteiger charge is -2.29. The molecule has 3 unspecified atom stereocenters. The Labute approximate surface area is 206 Å². The first kappa shape index (κ1) is 24.8. The number of carbonyl (C=O) groups excluding carboxylic acids is 2. The Morgan fingerprint density at radius 2 is 1.60 bits per heavy atom. The minimum Gasteiger partial charge on any atom is -0.481 e. The molecule has 3 N–H and O–H groups in total. The van der Waals surface area contributed by atoms with E-state index in [1.165, 1.54) is 11.1 Å². The molecule has 0 radical (unpaired) electrons. The van der Waals surface area contributed by atoms with Crippen LogP contribution in [-0.4, -0.2) is 42.8 Å². The Morgan fingerprint density at radius 3 is 2.26 bits per heavy atom. The van der Waals surface area contributed by atoms with Gasteiger partial charge >= 0.3 is 12.1 Å². The number of carboxylic acid groups (broad SMARTS) is 1. The summed E-state index contributed by atoms with van der Waals surface area (Å²) >= 11 is 0. The van der Waals surface area contributed by atoms with E-state index in [9.17, 15) is 19.5 Å². The average Bonchev–Trinajstić information content (AvgIpc) is 3.19. The maximum Gasteiger partial charge on any atom is 0.407 e. The zero-order valence-corrected chi connectivity index (χ0v) is 20.2. The number of rotatable bonds is 9. The topological polar surface area (TPSA) is 105 Å². The first-order valence-electron chi connectivity index (χ1n) is 12.5. The van der Waals surface area contributed by atoms with Crippen LogP contribution in [0.3, 0.4) is 0 Å². The van der Waals surface area contributed by atoms with Gasteiger partial charge in [-0.05, 0) is 47.4 Å². The maximum absolute atomic E-state index is 12.5. The van der Waals surface area contributed by atoms with Crippen LogP contribution in [0.1, 0.15) is 56.1 Å². The minimum atomic E-state index is -0.774. The zero-order valence-electron chi connectivity index (χ0n) is 20.2. The van der Waals surface area contributed by atoms with Crippen molar-refractivity contribution in [1.82, 2.24) is 10.6 Å². The largest absolute Gasteiger partial charge is 0.481 e. The highest BCUT2D eigenvalue weighted by molar-refractivity contribution is 5.79. The van der Waals surface area contributed by atoms with Crippen LogP contribution < -0.4 is 10.6 Å². The van der Waals surface area contributed by atoms with Crippen molar-refractivity contribution in [3.63, 3.8) is 0 Å². The Bertz CT molecular complexity index is 1020. The SMILES string of the molecule is CC(CCNC(=O)OCC1c2ccccc2-c2ccccc21)C(=O)NCC1CCCCC1C(=O)O. The van der Waals surface area contributed by atoms with Crippen molar-refractivity contribution >= 4 is 18.0 Å². The predicted molar refractivity (Wildman–Crippen MR) is 133 cm³/mol. The van der Waals surface area contributed by atoms with Gasteiger partial charge in [0.15, 0.2) is 0 Å². The fraction of sp³-hybridized carbons (Fsp3) is 0.464. The van der Waals surface area contributed by atoms with Crippen LogP contribution in [0.2, 0.25) is 0 Å². The average molecular weight is 479 g/mol. The zero-order chi connectivity index (χ0) is 24.8. The molecule has 186 valence electrons. The van der Waals surface area contributed by atoms with Crippen molar-refractivity contribution in [2.75, 3.05) is 19.7 Å². The molecule has 0 aliphatic heterocycles. The molecule has 2 aliphatic carbocycles. The highest BCUT2D eigenvalue weighted by Gasteiger charge is 2.31. The Kier molecular flexibility index (Phi) is 8.06.